The van der Waals surface area contributed by atoms with E-state index in [0.717, 1.165) is 19.3 Å². The van der Waals surface area contributed by atoms with Crippen molar-refractivity contribution in [3.63, 3.8) is 0 Å². The van der Waals surface area contributed by atoms with Crippen LogP contribution in [-0.2, 0) is 9.59 Å². The monoisotopic (exact) mass is 210 g/mol. The van der Waals surface area contributed by atoms with Gasteiger partial charge in [0.15, 0.2) is 0 Å². The molecule has 1 saturated carbocycles. The average molecular weight is 210 g/mol. The van der Waals surface area contributed by atoms with E-state index in [0.29, 0.717) is 13.1 Å². The third-order valence-corrected chi connectivity index (χ3v) is 3.67. The number of amides is 2. The second-order valence-corrected chi connectivity index (χ2v) is 4.66. The number of carbonyl (C=O) groups excluding carboxylic acids is 2. The van der Waals surface area contributed by atoms with E-state index in [-0.39, 0.29) is 23.7 Å². The lowest BCUT2D eigenvalue weighted by molar-refractivity contribution is -0.146. The minimum atomic E-state index is -0.0507. The lowest BCUT2D eigenvalue weighted by Gasteiger charge is -2.32. The first-order chi connectivity index (χ1) is 7.11. The number of hydrogen-bond acceptors (Lipinski definition) is 2. The molecule has 84 valence electrons. The lowest BCUT2D eigenvalue weighted by Crippen LogP contribution is -2.48. The zero-order valence-electron chi connectivity index (χ0n) is 9.40. The van der Waals surface area contributed by atoms with Gasteiger partial charge < -0.3 is 9.80 Å². The molecule has 15 heavy (non-hydrogen) atoms. The van der Waals surface area contributed by atoms with Gasteiger partial charge in [0.05, 0.1) is 0 Å². The van der Waals surface area contributed by atoms with Crippen LogP contribution < -0.4 is 0 Å². The zero-order chi connectivity index (χ0) is 11.0. The van der Waals surface area contributed by atoms with Crippen molar-refractivity contribution in [3.8, 4) is 0 Å². The summed E-state index contributed by atoms with van der Waals surface area (Å²) >= 11 is 0. The molecule has 0 N–H and O–H groups in total. The van der Waals surface area contributed by atoms with E-state index in [1.165, 1.54) is 0 Å². The molecule has 1 aliphatic carbocycles. The molecular weight excluding hydrogens is 192 g/mol. The van der Waals surface area contributed by atoms with Crippen molar-refractivity contribution in [2.75, 3.05) is 27.2 Å². The van der Waals surface area contributed by atoms with E-state index in [4.69, 9.17) is 0 Å². The van der Waals surface area contributed by atoms with E-state index in [1.807, 2.05) is 14.1 Å². The van der Waals surface area contributed by atoms with Crippen LogP contribution in [0.2, 0.25) is 0 Å². The quantitative estimate of drug-likeness (QED) is 0.578. The van der Waals surface area contributed by atoms with Crippen LogP contribution in [-0.4, -0.2) is 48.8 Å². The number of nitrogens with zero attached hydrogens (tertiary/aromatic N) is 2. The van der Waals surface area contributed by atoms with Crippen molar-refractivity contribution in [2.45, 2.75) is 19.3 Å². The maximum Gasteiger partial charge on any atom is 0.226 e. The first-order valence-electron chi connectivity index (χ1n) is 5.61. The van der Waals surface area contributed by atoms with Crippen LogP contribution in [0.1, 0.15) is 19.3 Å². The van der Waals surface area contributed by atoms with E-state index >= 15 is 0 Å². The molecule has 1 aliphatic heterocycles. The molecule has 2 atom stereocenters. The zero-order valence-corrected chi connectivity index (χ0v) is 9.40. The topological polar surface area (TPSA) is 40.6 Å². The molecule has 2 fully saturated rings. The second kappa shape index (κ2) is 3.83. The smallest absolute Gasteiger partial charge is 0.226 e. The summed E-state index contributed by atoms with van der Waals surface area (Å²) < 4.78 is 0. The molecule has 0 aromatic rings. The standard InChI is InChI=1S/C11H18N2O2/c1-12-6-7-13(2)11(15)9-5-3-4-8(9)10(12)14/h8-9H,3-7H2,1-2H3. The summed E-state index contributed by atoms with van der Waals surface area (Å²) in [6, 6.07) is 0. The Hall–Kier alpha value is -1.06. The molecule has 0 bridgehead atoms. The van der Waals surface area contributed by atoms with Crippen molar-refractivity contribution < 1.29 is 9.59 Å². The molecule has 4 nitrogen and oxygen atoms in total. The Balaban J connectivity index is 2.23. The number of hydrogen-bond donors (Lipinski definition) is 0. The fourth-order valence-corrected chi connectivity index (χ4v) is 2.64. The van der Waals surface area contributed by atoms with E-state index in [1.54, 1.807) is 9.80 Å². The summed E-state index contributed by atoms with van der Waals surface area (Å²) in [6.45, 7) is 1.31. The van der Waals surface area contributed by atoms with Crippen molar-refractivity contribution in [3.05, 3.63) is 0 Å². The predicted molar refractivity (Wildman–Crippen MR) is 56.1 cm³/mol. The van der Waals surface area contributed by atoms with Crippen molar-refractivity contribution >= 4 is 11.8 Å². The fourth-order valence-electron chi connectivity index (χ4n) is 2.64. The van der Waals surface area contributed by atoms with Crippen LogP contribution >= 0.6 is 0 Å². The van der Waals surface area contributed by atoms with Crippen LogP contribution in [0.25, 0.3) is 0 Å². The first-order valence-corrected chi connectivity index (χ1v) is 5.61. The van der Waals surface area contributed by atoms with Gasteiger partial charge in [-0.05, 0) is 12.8 Å². The van der Waals surface area contributed by atoms with E-state index in [2.05, 4.69) is 0 Å². The second-order valence-electron chi connectivity index (χ2n) is 4.66. The van der Waals surface area contributed by atoms with Crippen LogP contribution in [0.3, 0.4) is 0 Å². The van der Waals surface area contributed by atoms with E-state index in [9.17, 15) is 9.59 Å². The summed E-state index contributed by atoms with van der Waals surface area (Å²) in [5.41, 5.74) is 0. The Bertz CT molecular complexity index is 262. The molecule has 1 heterocycles. The molecule has 2 unspecified atom stereocenters. The Morgan fingerprint density at radius 1 is 0.933 bits per heavy atom. The van der Waals surface area contributed by atoms with Crippen molar-refractivity contribution in [2.24, 2.45) is 11.8 Å². The highest BCUT2D eigenvalue weighted by atomic mass is 16.2. The summed E-state index contributed by atoms with van der Waals surface area (Å²) in [5.74, 6) is 0.230. The Morgan fingerprint density at radius 2 is 1.33 bits per heavy atom. The fraction of sp³-hybridized carbons (Fsp3) is 0.818. The number of fused-ring (bicyclic) bond motifs is 1. The molecular formula is C11H18N2O2. The SMILES string of the molecule is CN1CCN(C)C(=O)C2CCCC2C1=O. The normalized spacial score (nSPS) is 32.7. The van der Waals surface area contributed by atoms with Crippen LogP contribution in [0.4, 0.5) is 0 Å². The Morgan fingerprint density at radius 3 is 1.73 bits per heavy atom. The van der Waals surface area contributed by atoms with E-state index < -0.39 is 0 Å². The largest absolute Gasteiger partial charge is 0.344 e. The molecule has 0 radical (unpaired) electrons. The van der Waals surface area contributed by atoms with Gasteiger partial charge in [0, 0.05) is 39.0 Å². The molecule has 4 heteroatoms. The molecule has 2 amide bonds. The third kappa shape index (κ3) is 1.73. The highest BCUT2D eigenvalue weighted by molar-refractivity contribution is 5.88. The van der Waals surface area contributed by atoms with Crippen LogP contribution in [0.5, 0.6) is 0 Å². The molecule has 0 spiro atoms. The van der Waals surface area contributed by atoms with Gasteiger partial charge in [-0.25, -0.2) is 0 Å². The Labute approximate surface area is 90.2 Å². The van der Waals surface area contributed by atoms with Gasteiger partial charge in [-0.1, -0.05) is 6.42 Å². The number of rotatable bonds is 0. The average Bonchev–Trinajstić information content (AvgIpc) is 2.70. The Kier molecular flexibility index (Phi) is 2.67. The van der Waals surface area contributed by atoms with Gasteiger partial charge in [-0.2, -0.15) is 0 Å². The summed E-state index contributed by atoms with van der Waals surface area (Å²) in [7, 11) is 3.67. The van der Waals surface area contributed by atoms with Gasteiger partial charge in [0.25, 0.3) is 0 Å². The van der Waals surface area contributed by atoms with Gasteiger partial charge >= 0.3 is 0 Å². The van der Waals surface area contributed by atoms with Gasteiger partial charge in [-0.3, -0.25) is 9.59 Å². The van der Waals surface area contributed by atoms with Crippen LogP contribution in [0, 0.1) is 11.8 Å². The maximum atomic E-state index is 12.0. The highest BCUT2D eigenvalue weighted by Crippen LogP contribution is 2.34. The lowest BCUT2D eigenvalue weighted by atomic mass is 9.92. The minimum absolute atomic E-state index is 0.0507. The summed E-state index contributed by atoms with van der Waals surface area (Å²) in [4.78, 5) is 27.5. The minimum Gasteiger partial charge on any atom is -0.344 e. The molecule has 0 aromatic carbocycles. The summed E-state index contributed by atoms with van der Waals surface area (Å²) in [6.07, 6.45) is 2.77. The van der Waals surface area contributed by atoms with Crippen molar-refractivity contribution in [1.82, 2.24) is 9.80 Å². The molecule has 2 rings (SSSR count). The van der Waals surface area contributed by atoms with Gasteiger partial charge in [0.2, 0.25) is 11.8 Å². The number of likely N-dealkylation sites (N-methyl/N-ethyl adjacent to an activating group) is 2. The highest BCUT2D eigenvalue weighted by Gasteiger charge is 2.41. The molecule has 0 aromatic heterocycles. The molecule has 2 aliphatic rings. The molecule has 1 saturated heterocycles. The van der Waals surface area contributed by atoms with Gasteiger partial charge in [-0.15, -0.1) is 0 Å². The first kappa shape index (κ1) is 10.5. The third-order valence-electron chi connectivity index (χ3n) is 3.67. The summed E-state index contributed by atoms with van der Waals surface area (Å²) in [5, 5.41) is 0. The van der Waals surface area contributed by atoms with Gasteiger partial charge in [0.1, 0.15) is 0 Å². The predicted octanol–water partition coefficient (Wildman–Crippen LogP) is 0.333. The van der Waals surface area contributed by atoms with Crippen molar-refractivity contribution in [1.29, 1.82) is 0 Å². The maximum absolute atomic E-state index is 12.0. The van der Waals surface area contributed by atoms with Crippen LogP contribution in [0.15, 0.2) is 0 Å². The number of carbonyl (C=O) groups is 2.